The van der Waals surface area contributed by atoms with Crippen molar-refractivity contribution >= 4 is 0 Å². The average Bonchev–Trinajstić information content (AvgIpc) is 2.64. The van der Waals surface area contributed by atoms with Gasteiger partial charge in [0.15, 0.2) is 5.75 Å². The molecule has 102 valence electrons. The van der Waals surface area contributed by atoms with Crippen LogP contribution < -0.4 is 10.1 Å². The van der Waals surface area contributed by atoms with Crippen molar-refractivity contribution in [2.75, 3.05) is 6.54 Å². The standard InChI is InChI=1S/C14H20N4O/c1-5-15-8-12-6-7-16-9-13(12)19-14-10(2)17-18(4)11(14)3/h6-7,9,15H,5,8H2,1-4H3. The van der Waals surface area contributed by atoms with Crippen molar-refractivity contribution in [3.8, 4) is 11.5 Å². The Bertz CT molecular complexity index is 563. The Balaban J connectivity index is 2.27. The third-order valence-electron chi connectivity index (χ3n) is 3.09. The number of hydrogen-bond acceptors (Lipinski definition) is 4. The van der Waals surface area contributed by atoms with Gasteiger partial charge in [0, 0.05) is 25.4 Å². The molecular formula is C14H20N4O. The molecule has 0 fully saturated rings. The summed E-state index contributed by atoms with van der Waals surface area (Å²) in [6.07, 6.45) is 3.53. The zero-order valence-corrected chi connectivity index (χ0v) is 11.9. The minimum absolute atomic E-state index is 0.771. The van der Waals surface area contributed by atoms with E-state index >= 15 is 0 Å². The number of nitrogens with one attached hydrogen (secondary N) is 1. The first-order chi connectivity index (χ1) is 9.13. The number of rotatable bonds is 5. The van der Waals surface area contributed by atoms with Gasteiger partial charge in [0.05, 0.1) is 11.9 Å². The van der Waals surface area contributed by atoms with Crippen LogP contribution in [0.2, 0.25) is 0 Å². The number of ether oxygens (including phenoxy) is 1. The molecule has 0 spiro atoms. The SMILES string of the molecule is CCNCc1ccncc1Oc1c(C)nn(C)c1C. The maximum atomic E-state index is 6.00. The summed E-state index contributed by atoms with van der Waals surface area (Å²) in [4.78, 5) is 4.14. The van der Waals surface area contributed by atoms with Crippen molar-refractivity contribution in [2.45, 2.75) is 27.3 Å². The normalized spacial score (nSPS) is 10.7. The van der Waals surface area contributed by atoms with E-state index in [9.17, 15) is 0 Å². The van der Waals surface area contributed by atoms with Gasteiger partial charge in [0.25, 0.3) is 0 Å². The van der Waals surface area contributed by atoms with Gasteiger partial charge in [-0.1, -0.05) is 6.92 Å². The summed E-state index contributed by atoms with van der Waals surface area (Å²) in [6, 6.07) is 1.97. The lowest BCUT2D eigenvalue weighted by atomic mass is 10.2. The van der Waals surface area contributed by atoms with Crippen LogP contribution >= 0.6 is 0 Å². The quantitative estimate of drug-likeness (QED) is 0.896. The van der Waals surface area contributed by atoms with Gasteiger partial charge in [-0.2, -0.15) is 5.10 Å². The van der Waals surface area contributed by atoms with E-state index in [4.69, 9.17) is 4.74 Å². The van der Waals surface area contributed by atoms with E-state index in [0.29, 0.717) is 0 Å². The van der Waals surface area contributed by atoms with Gasteiger partial charge in [-0.05, 0) is 26.5 Å². The second-order valence-corrected chi connectivity index (χ2v) is 4.49. The molecule has 0 aliphatic heterocycles. The van der Waals surface area contributed by atoms with Crippen LogP contribution in [0, 0.1) is 13.8 Å². The molecular weight excluding hydrogens is 240 g/mol. The highest BCUT2D eigenvalue weighted by Crippen LogP contribution is 2.29. The molecule has 2 aromatic rings. The fourth-order valence-electron chi connectivity index (χ4n) is 1.92. The van der Waals surface area contributed by atoms with Crippen LogP contribution in [0.25, 0.3) is 0 Å². The summed E-state index contributed by atoms with van der Waals surface area (Å²) in [6.45, 7) is 7.72. The highest BCUT2D eigenvalue weighted by Gasteiger charge is 2.13. The maximum Gasteiger partial charge on any atom is 0.171 e. The lowest BCUT2D eigenvalue weighted by Crippen LogP contribution is -2.12. The van der Waals surface area contributed by atoms with E-state index in [1.54, 1.807) is 12.4 Å². The number of hydrogen-bond donors (Lipinski definition) is 1. The van der Waals surface area contributed by atoms with E-state index < -0.39 is 0 Å². The third-order valence-corrected chi connectivity index (χ3v) is 3.09. The van der Waals surface area contributed by atoms with Gasteiger partial charge in [-0.3, -0.25) is 9.67 Å². The fraction of sp³-hybridized carbons (Fsp3) is 0.429. The minimum atomic E-state index is 0.771. The van der Waals surface area contributed by atoms with Crippen molar-refractivity contribution in [2.24, 2.45) is 7.05 Å². The van der Waals surface area contributed by atoms with E-state index in [-0.39, 0.29) is 0 Å². The number of pyridine rings is 1. The first-order valence-corrected chi connectivity index (χ1v) is 6.45. The third kappa shape index (κ3) is 2.93. The molecule has 0 aliphatic carbocycles. The molecule has 0 amide bonds. The average molecular weight is 260 g/mol. The lowest BCUT2D eigenvalue weighted by molar-refractivity contribution is 0.463. The van der Waals surface area contributed by atoms with Crippen LogP contribution in [0.3, 0.4) is 0 Å². The van der Waals surface area contributed by atoms with E-state index in [1.165, 1.54) is 0 Å². The molecule has 0 bridgehead atoms. The molecule has 2 rings (SSSR count). The Morgan fingerprint density at radius 3 is 2.79 bits per heavy atom. The molecule has 0 saturated carbocycles. The van der Waals surface area contributed by atoms with Gasteiger partial charge < -0.3 is 10.1 Å². The van der Waals surface area contributed by atoms with Crippen LogP contribution in [-0.2, 0) is 13.6 Å². The summed E-state index contributed by atoms with van der Waals surface area (Å²) in [5.41, 5.74) is 2.99. The highest BCUT2D eigenvalue weighted by atomic mass is 16.5. The molecule has 0 atom stereocenters. The minimum Gasteiger partial charge on any atom is -0.452 e. The summed E-state index contributed by atoms with van der Waals surface area (Å²) in [5.74, 6) is 1.59. The molecule has 19 heavy (non-hydrogen) atoms. The lowest BCUT2D eigenvalue weighted by Gasteiger charge is -2.11. The van der Waals surface area contributed by atoms with Crippen molar-refractivity contribution in [3.63, 3.8) is 0 Å². The molecule has 0 saturated heterocycles. The Morgan fingerprint density at radius 1 is 1.37 bits per heavy atom. The fourth-order valence-corrected chi connectivity index (χ4v) is 1.92. The number of aryl methyl sites for hydroxylation is 2. The Labute approximate surface area is 113 Å². The molecule has 1 N–H and O–H groups in total. The number of nitrogens with zero attached hydrogens (tertiary/aromatic N) is 3. The van der Waals surface area contributed by atoms with E-state index in [1.807, 2.05) is 31.6 Å². The Hall–Kier alpha value is -1.88. The van der Waals surface area contributed by atoms with Gasteiger partial charge in [0.2, 0.25) is 0 Å². The van der Waals surface area contributed by atoms with E-state index in [2.05, 4.69) is 22.3 Å². The Kier molecular flexibility index (Phi) is 4.16. The number of aromatic nitrogens is 3. The highest BCUT2D eigenvalue weighted by molar-refractivity contribution is 5.39. The monoisotopic (exact) mass is 260 g/mol. The largest absolute Gasteiger partial charge is 0.452 e. The predicted octanol–water partition coefficient (Wildman–Crippen LogP) is 2.33. The zero-order valence-electron chi connectivity index (χ0n) is 11.9. The summed E-state index contributed by atoms with van der Waals surface area (Å²) < 4.78 is 7.83. The van der Waals surface area contributed by atoms with Crippen LogP contribution in [0.1, 0.15) is 23.9 Å². The van der Waals surface area contributed by atoms with Gasteiger partial charge in [-0.25, -0.2) is 0 Å². The second kappa shape index (κ2) is 5.84. The molecule has 0 aromatic carbocycles. The molecule has 2 aromatic heterocycles. The van der Waals surface area contributed by atoms with Crippen LogP contribution in [-0.4, -0.2) is 21.3 Å². The van der Waals surface area contributed by atoms with Crippen LogP contribution in [0.15, 0.2) is 18.5 Å². The van der Waals surface area contributed by atoms with E-state index in [0.717, 1.165) is 41.5 Å². The predicted molar refractivity (Wildman–Crippen MR) is 74.4 cm³/mol. The smallest absolute Gasteiger partial charge is 0.171 e. The van der Waals surface area contributed by atoms with Crippen LogP contribution in [0.5, 0.6) is 11.5 Å². The van der Waals surface area contributed by atoms with Gasteiger partial charge in [0.1, 0.15) is 11.4 Å². The first-order valence-electron chi connectivity index (χ1n) is 6.45. The van der Waals surface area contributed by atoms with Crippen LogP contribution in [0.4, 0.5) is 0 Å². The molecule has 0 unspecified atom stereocenters. The summed E-state index contributed by atoms with van der Waals surface area (Å²) >= 11 is 0. The second-order valence-electron chi connectivity index (χ2n) is 4.49. The zero-order chi connectivity index (χ0) is 13.8. The Morgan fingerprint density at radius 2 is 2.16 bits per heavy atom. The van der Waals surface area contributed by atoms with Crippen molar-refractivity contribution in [1.82, 2.24) is 20.1 Å². The summed E-state index contributed by atoms with van der Waals surface area (Å²) in [7, 11) is 1.91. The van der Waals surface area contributed by atoms with Crippen molar-refractivity contribution < 1.29 is 4.74 Å². The van der Waals surface area contributed by atoms with Gasteiger partial charge in [-0.15, -0.1) is 0 Å². The molecule has 2 heterocycles. The molecule has 0 radical (unpaired) electrons. The topological polar surface area (TPSA) is 52.0 Å². The summed E-state index contributed by atoms with van der Waals surface area (Å²) in [5, 5.41) is 7.65. The van der Waals surface area contributed by atoms with Gasteiger partial charge >= 0.3 is 0 Å². The first kappa shape index (κ1) is 13.5. The van der Waals surface area contributed by atoms with Crippen molar-refractivity contribution in [1.29, 1.82) is 0 Å². The molecule has 5 nitrogen and oxygen atoms in total. The van der Waals surface area contributed by atoms with Crippen molar-refractivity contribution in [3.05, 3.63) is 35.4 Å². The molecule has 5 heteroatoms. The maximum absolute atomic E-state index is 6.00. The molecule has 0 aliphatic rings.